The van der Waals surface area contributed by atoms with Gasteiger partial charge in [0.2, 0.25) is 11.8 Å². The highest BCUT2D eigenvalue weighted by Gasteiger charge is 2.02. The van der Waals surface area contributed by atoms with Gasteiger partial charge in [0.15, 0.2) is 0 Å². The first-order valence-electron chi connectivity index (χ1n) is 4.65. The third kappa shape index (κ3) is 2.84. The van der Waals surface area contributed by atoms with Crippen molar-refractivity contribution in [1.29, 1.82) is 0 Å². The molecule has 0 spiro atoms. The molecule has 0 saturated carbocycles. The number of rotatable bonds is 4. The molecule has 80 valence electrons. The zero-order valence-electron chi connectivity index (χ0n) is 8.65. The lowest BCUT2D eigenvalue weighted by Crippen LogP contribution is -2.11. The zero-order valence-corrected chi connectivity index (χ0v) is 9.47. The highest BCUT2D eigenvalue weighted by atomic mass is 32.1. The van der Waals surface area contributed by atoms with Crippen LogP contribution < -0.4 is 5.32 Å². The highest BCUT2D eigenvalue weighted by Crippen LogP contribution is 2.10. The van der Waals surface area contributed by atoms with Gasteiger partial charge in [-0.15, -0.1) is 21.5 Å². The average Bonchev–Trinajstić information content (AvgIpc) is 2.76. The van der Waals surface area contributed by atoms with E-state index in [9.17, 15) is 0 Å². The second-order valence-corrected chi connectivity index (χ2v) is 4.48. The molecule has 6 heteroatoms. The van der Waals surface area contributed by atoms with E-state index in [0.717, 1.165) is 11.6 Å². The summed E-state index contributed by atoms with van der Waals surface area (Å²) in [6, 6.07) is 0. The fraction of sp³-hybridized carbons (Fsp3) is 0.444. The van der Waals surface area contributed by atoms with Gasteiger partial charge >= 0.3 is 0 Å². The van der Waals surface area contributed by atoms with Crippen molar-refractivity contribution >= 4 is 11.3 Å². The van der Waals surface area contributed by atoms with Crippen LogP contribution in [0.3, 0.4) is 0 Å². The molecule has 2 rings (SSSR count). The first-order chi connectivity index (χ1) is 7.24. The van der Waals surface area contributed by atoms with Gasteiger partial charge in [-0.1, -0.05) is 0 Å². The maximum Gasteiger partial charge on any atom is 0.230 e. The zero-order chi connectivity index (χ0) is 10.7. The van der Waals surface area contributed by atoms with Crippen molar-refractivity contribution in [2.45, 2.75) is 26.9 Å². The van der Waals surface area contributed by atoms with Gasteiger partial charge < -0.3 is 9.73 Å². The molecule has 5 nitrogen and oxygen atoms in total. The summed E-state index contributed by atoms with van der Waals surface area (Å²) in [7, 11) is 0. The monoisotopic (exact) mass is 224 g/mol. The van der Waals surface area contributed by atoms with Crippen molar-refractivity contribution in [3.8, 4) is 0 Å². The van der Waals surface area contributed by atoms with Gasteiger partial charge in [0.1, 0.15) is 0 Å². The van der Waals surface area contributed by atoms with Gasteiger partial charge in [-0.3, -0.25) is 0 Å². The molecular formula is C9H12N4OS. The number of nitrogens with zero attached hydrogens (tertiary/aromatic N) is 3. The van der Waals surface area contributed by atoms with Gasteiger partial charge in [0.05, 0.1) is 11.6 Å². The number of aromatic nitrogens is 3. The van der Waals surface area contributed by atoms with Crippen molar-refractivity contribution in [3.63, 3.8) is 0 Å². The molecule has 2 aromatic heterocycles. The second kappa shape index (κ2) is 4.50. The molecule has 2 heterocycles. The molecule has 0 aliphatic carbocycles. The summed E-state index contributed by atoms with van der Waals surface area (Å²) in [4.78, 5) is 5.39. The number of thiazole rings is 1. The van der Waals surface area contributed by atoms with Crippen LogP contribution in [-0.2, 0) is 13.1 Å². The first-order valence-corrected chi connectivity index (χ1v) is 5.46. The number of aryl methyl sites for hydroxylation is 2. The minimum Gasteiger partial charge on any atom is -0.424 e. The summed E-state index contributed by atoms with van der Waals surface area (Å²) in [6.07, 6.45) is 1.88. The predicted octanol–water partition coefficient (Wildman–Crippen LogP) is 1.43. The smallest absolute Gasteiger partial charge is 0.230 e. The first kappa shape index (κ1) is 10.3. The molecule has 0 amide bonds. The maximum atomic E-state index is 5.23. The van der Waals surface area contributed by atoms with Crippen molar-refractivity contribution in [2.24, 2.45) is 0 Å². The van der Waals surface area contributed by atoms with E-state index < -0.39 is 0 Å². The van der Waals surface area contributed by atoms with Crippen LogP contribution in [0, 0.1) is 13.8 Å². The molecule has 0 bridgehead atoms. The van der Waals surface area contributed by atoms with E-state index in [4.69, 9.17) is 4.42 Å². The Morgan fingerprint density at radius 1 is 1.33 bits per heavy atom. The van der Waals surface area contributed by atoms with Crippen LogP contribution in [0.2, 0.25) is 0 Å². The Hall–Kier alpha value is -1.27. The normalized spacial score (nSPS) is 10.8. The molecule has 0 unspecified atom stereocenters. The van der Waals surface area contributed by atoms with E-state index in [1.54, 1.807) is 18.3 Å². The van der Waals surface area contributed by atoms with E-state index in [1.807, 2.05) is 13.1 Å². The lowest BCUT2D eigenvalue weighted by molar-refractivity contribution is 0.447. The number of nitrogens with one attached hydrogen (secondary N) is 1. The van der Waals surface area contributed by atoms with E-state index in [0.29, 0.717) is 18.3 Å². The summed E-state index contributed by atoms with van der Waals surface area (Å²) in [6.45, 7) is 5.16. The van der Waals surface area contributed by atoms with Gasteiger partial charge in [0.25, 0.3) is 0 Å². The van der Waals surface area contributed by atoms with Gasteiger partial charge in [-0.2, -0.15) is 0 Å². The van der Waals surface area contributed by atoms with E-state index in [1.165, 1.54) is 4.88 Å². The molecular weight excluding hydrogens is 212 g/mol. The molecule has 0 aliphatic heterocycles. The van der Waals surface area contributed by atoms with E-state index >= 15 is 0 Å². The molecule has 2 aromatic rings. The van der Waals surface area contributed by atoms with E-state index in [2.05, 4.69) is 20.5 Å². The van der Waals surface area contributed by atoms with Crippen LogP contribution in [0.5, 0.6) is 0 Å². The topological polar surface area (TPSA) is 63.8 Å². The van der Waals surface area contributed by atoms with Crippen molar-refractivity contribution < 1.29 is 4.42 Å². The Morgan fingerprint density at radius 2 is 2.20 bits per heavy atom. The number of hydrogen-bond donors (Lipinski definition) is 1. The van der Waals surface area contributed by atoms with Crippen LogP contribution in [0.1, 0.15) is 21.7 Å². The standard InChI is InChI=1S/C9H12N4OS/c1-6-12-13-9(14-6)5-10-3-8-4-11-7(2)15-8/h4,10H,3,5H2,1-2H3. The Bertz CT molecular complexity index is 397. The Morgan fingerprint density at radius 3 is 2.80 bits per heavy atom. The molecule has 0 saturated heterocycles. The average molecular weight is 224 g/mol. The van der Waals surface area contributed by atoms with Crippen molar-refractivity contribution in [1.82, 2.24) is 20.5 Å². The minimum atomic E-state index is 0.595. The third-order valence-corrected chi connectivity index (χ3v) is 2.73. The lowest BCUT2D eigenvalue weighted by Gasteiger charge is -1.97. The summed E-state index contributed by atoms with van der Waals surface area (Å²) in [5.74, 6) is 1.22. The molecule has 0 radical (unpaired) electrons. The number of hydrogen-bond acceptors (Lipinski definition) is 6. The fourth-order valence-corrected chi connectivity index (χ4v) is 1.95. The second-order valence-electron chi connectivity index (χ2n) is 3.16. The highest BCUT2D eigenvalue weighted by molar-refractivity contribution is 7.11. The van der Waals surface area contributed by atoms with E-state index in [-0.39, 0.29) is 0 Å². The molecule has 0 aliphatic rings. The SMILES string of the molecule is Cc1nnc(CNCc2cnc(C)s2)o1. The minimum absolute atomic E-state index is 0.595. The van der Waals surface area contributed by atoms with Crippen LogP contribution in [0.25, 0.3) is 0 Å². The Balaban J connectivity index is 1.80. The predicted molar refractivity (Wildman–Crippen MR) is 56.4 cm³/mol. The quantitative estimate of drug-likeness (QED) is 0.851. The lowest BCUT2D eigenvalue weighted by atomic mass is 10.5. The molecule has 0 fully saturated rings. The van der Waals surface area contributed by atoms with Crippen molar-refractivity contribution in [3.05, 3.63) is 27.9 Å². The summed E-state index contributed by atoms with van der Waals surface area (Å²) < 4.78 is 5.23. The summed E-state index contributed by atoms with van der Waals surface area (Å²) >= 11 is 1.69. The van der Waals surface area contributed by atoms with Crippen LogP contribution in [0.15, 0.2) is 10.6 Å². The van der Waals surface area contributed by atoms with Gasteiger partial charge in [0, 0.05) is 24.5 Å². The van der Waals surface area contributed by atoms with Crippen LogP contribution >= 0.6 is 11.3 Å². The molecule has 15 heavy (non-hydrogen) atoms. The fourth-order valence-electron chi connectivity index (χ4n) is 1.19. The molecule has 0 atom stereocenters. The Labute approximate surface area is 91.6 Å². The van der Waals surface area contributed by atoms with Crippen molar-refractivity contribution in [2.75, 3.05) is 0 Å². The van der Waals surface area contributed by atoms with Crippen LogP contribution in [-0.4, -0.2) is 15.2 Å². The third-order valence-electron chi connectivity index (χ3n) is 1.81. The van der Waals surface area contributed by atoms with Crippen LogP contribution in [0.4, 0.5) is 0 Å². The molecule has 0 aromatic carbocycles. The summed E-state index contributed by atoms with van der Waals surface area (Å²) in [5, 5.41) is 11.9. The summed E-state index contributed by atoms with van der Waals surface area (Å²) in [5.41, 5.74) is 0. The largest absolute Gasteiger partial charge is 0.424 e. The Kier molecular flexibility index (Phi) is 3.08. The van der Waals surface area contributed by atoms with Gasteiger partial charge in [-0.05, 0) is 6.92 Å². The molecule has 1 N–H and O–H groups in total. The van der Waals surface area contributed by atoms with Gasteiger partial charge in [-0.25, -0.2) is 4.98 Å². The maximum absolute atomic E-state index is 5.23.